The van der Waals surface area contributed by atoms with Crippen LogP contribution in [0.25, 0.3) is 0 Å². The summed E-state index contributed by atoms with van der Waals surface area (Å²) >= 11 is 1.57. The highest BCUT2D eigenvalue weighted by atomic mass is 32.1. The number of aromatic nitrogens is 1. The van der Waals surface area contributed by atoms with E-state index in [1.54, 1.807) is 44.8 Å². The molecule has 2 rings (SSSR count). The summed E-state index contributed by atoms with van der Waals surface area (Å²) in [6, 6.07) is 3.45. The quantitative estimate of drug-likeness (QED) is 0.889. The molecule has 1 heterocycles. The maximum atomic E-state index is 10.5. The SMILES string of the molecule is COc1cc(OC)c(C(O)Cc2csc(C)n2)cc1OC. The van der Waals surface area contributed by atoms with E-state index in [0.717, 1.165) is 10.7 Å². The molecule has 0 aliphatic carbocycles. The van der Waals surface area contributed by atoms with Crippen LogP contribution in [0.15, 0.2) is 17.5 Å². The molecule has 1 unspecified atom stereocenters. The van der Waals surface area contributed by atoms with Crippen molar-refractivity contribution in [2.75, 3.05) is 21.3 Å². The smallest absolute Gasteiger partial charge is 0.164 e. The molecule has 1 aromatic carbocycles. The highest BCUT2D eigenvalue weighted by molar-refractivity contribution is 7.09. The highest BCUT2D eigenvalue weighted by Gasteiger charge is 2.19. The second-order valence-corrected chi connectivity index (χ2v) is 5.59. The van der Waals surface area contributed by atoms with Crippen LogP contribution in [0.2, 0.25) is 0 Å². The molecule has 0 aliphatic rings. The summed E-state index contributed by atoms with van der Waals surface area (Å²) in [6.45, 7) is 1.94. The number of thiazole rings is 1. The minimum atomic E-state index is -0.721. The van der Waals surface area contributed by atoms with E-state index >= 15 is 0 Å². The number of hydrogen-bond acceptors (Lipinski definition) is 6. The second-order valence-electron chi connectivity index (χ2n) is 4.53. The molecule has 0 bridgehead atoms. The first-order valence-corrected chi connectivity index (χ1v) is 7.36. The van der Waals surface area contributed by atoms with E-state index in [9.17, 15) is 5.11 Å². The lowest BCUT2D eigenvalue weighted by Gasteiger charge is -2.17. The van der Waals surface area contributed by atoms with Gasteiger partial charge in [-0.25, -0.2) is 4.98 Å². The fraction of sp³-hybridized carbons (Fsp3) is 0.400. The molecule has 21 heavy (non-hydrogen) atoms. The molecular weight excluding hydrogens is 290 g/mol. The van der Waals surface area contributed by atoms with Gasteiger partial charge in [0.25, 0.3) is 0 Å². The lowest BCUT2D eigenvalue weighted by molar-refractivity contribution is 0.172. The van der Waals surface area contributed by atoms with Crippen molar-refractivity contribution in [3.05, 3.63) is 33.8 Å². The average Bonchev–Trinajstić information content (AvgIpc) is 2.90. The lowest BCUT2D eigenvalue weighted by Crippen LogP contribution is -2.06. The van der Waals surface area contributed by atoms with Crippen LogP contribution < -0.4 is 14.2 Å². The summed E-state index contributed by atoms with van der Waals surface area (Å²) in [5, 5.41) is 13.4. The number of ether oxygens (including phenoxy) is 3. The van der Waals surface area contributed by atoms with Gasteiger partial charge in [0, 0.05) is 23.4 Å². The van der Waals surface area contributed by atoms with Crippen molar-refractivity contribution in [3.63, 3.8) is 0 Å². The number of methoxy groups -OCH3 is 3. The van der Waals surface area contributed by atoms with Gasteiger partial charge in [-0.05, 0) is 13.0 Å². The number of aliphatic hydroxyl groups is 1. The van der Waals surface area contributed by atoms with Crippen molar-refractivity contribution in [2.45, 2.75) is 19.4 Å². The summed E-state index contributed by atoms with van der Waals surface area (Å²) in [7, 11) is 4.68. The van der Waals surface area contributed by atoms with Crippen LogP contribution in [0.5, 0.6) is 17.2 Å². The molecule has 0 spiro atoms. The van der Waals surface area contributed by atoms with E-state index in [0.29, 0.717) is 29.2 Å². The molecule has 0 fully saturated rings. The molecule has 0 aliphatic heterocycles. The Morgan fingerprint density at radius 1 is 1.10 bits per heavy atom. The lowest BCUT2D eigenvalue weighted by atomic mass is 10.0. The van der Waals surface area contributed by atoms with Crippen LogP contribution >= 0.6 is 11.3 Å². The third-order valence-corrected chi connectivity index (χ3v) is 3.99. The predicted octanol–water partition coefficient (Wildman–Crippen LogP) is 2.75. The maximum Gasteiger partial charge on any atom is 0.164 e. The molecule has 0 amide bonds. The number of benzene rings is 1. The largest absolute Gasteiger partial charge is 0.496 e. The maximum absolute atomic E-state index is 10.5. The first-order chi connectivity index (χ1) is 10.1. The van der Waals surface area contributed by atoms with Crippen molar-refractivity contribution in [2.24, 2.45) is 0 Å². The molecule has 0 radical (unpaired) electrons. The fourth-order valence-corrected chi connectivity index (χ4v) is 2.75. The summed E-state index contributed by atoms with van der Waals surface area (Å²) in [6.07, 6.45) is -0.294. The normalized spacial score (nSPS) is 12.0. The Hall–Kier alpha value is -1.79. The molecular formula is C15H19NO4S. The summed E-state index contributed by atoms with van der Waals surface area (Å²) in [5.74, 6) is 1.68. The van der Waals surface area contributed by atoms with Gasteiger partial charge in [0.05, 0.1) is 38.1 Å². The Labute approximate surface area is 128 Å². The van der Waals surface area contributed by atoms with Crippen molar-refractivity contribution >= 4 is 11.3 Å². The van der Waals surface area contributed by atoms with Crippen LogP contribution in [0.3, 0.4) is 0 Å². The van der Waals surface area contributed by atoms with Gasteiger partial charge in [-0.2, -0.15) is 0 Å². The van der Waals surface area contributed by atoms with Gasteiger partial charge in [0.15, 0.2) is 11.5 Å². The van der Waals surface area contributed by atoms with E-state index in [4.69, 9.17) is 14.2 Å². The third-order valence-electron chi connectivity index (χ3n) is 3.16. The predicted molar refractivity (Wildman–Crippen MR) is 81.6 cm³/mol. The minimum Gasteiger partial charge on any atom is -0.496 e. The molecule has 1 atom stereocenters. The minimum absolute atomic E-state index is 0.427. The Morgan fingerprint density at radius 3 is 2.24 bits per heavy atom. The molecule has 6 heteroatoms. The Balaban J connectivity index is 2.32. The zero-order valence-electron chi connectivity index (χ0n) is 12.5. The second kappa shape index (κ2) is 6.78. The van der Waals surface area contributed by atoms with Crippen LogP contribution in [0.4, 0.5) is 0 Å². The van der Waals surface area contributed by atoms with Gasteiger partial charge < -0.3 is 19.3 Å². The number of aryl methyl sites for hydroxylation is 1. The highest BCUT2D eigenvalue weighted by Crippen LogP contribution is 2.38. The number of nitrogens with zero attached hydrogens (tertiary/aromatic N) is 1. The van der Waals surface area contributed by atoms with E-state index in [-0.39, 0.29) is 0 Å². The molecule has 5 nitrogen and oxygen atoms in total. The van der Waals surface area contributed by atoms with Crippen molar-refractivity contribution < 1.29 is 19.3 Å². The summed E-state index contributed by atoms with van der Waals surface area (Å²) < 4.78 is 15.9. The molecule has 1 aromatic heterocycles. The Kier molecular flexibility index (Phi) is 5.03. The monoisotopic (exact) mass is 309 g/mol. The standard InChI is InChI=1S/C15H19NO4S/c1-9-16-10(8-21-9)5-12(17)11-6-14(19-3)15(20-4)7-13(11)18-2/h6-8,12,17H,5H2,1-4H3. The van der Waals surface area contributed by atoms with Crippen molar-refractivity contribution in [1.82, 2.24) is 4.98 Å². The van der Waals surface area contributed by atoms with Gasteiger partial charge >= 0.3 is 0 Å². The van der Waals surface area contributed by atoms with Gasteiger partial charge in [-0.3, -0.25) is 0 Å². The number of aliphatic hydroxyl groups excluding tert-OH is 1. The van der Waals surface area contributed by atoms with Crippen molar-refractivity contribution in [3.8, 4) is 17.2 Å². The molecule has 1 N–H and O–H groups in total. The third kappa shape index (κ3) is 3.46. The van der Waals surface area contributed by atoms with Crippen LogP contribution in [0, 0.1) is 6.92 Å². The van der Waals surface area contributed by atoms with Gasteiger partial charge in [-0.15, -0.1) is 11.3 Å². The number of hydrogen-bond donors (Lipinski definition) is 1. The molecule has 0 saturated carbocycles. The van der Waals surface area contributed by atoms with E-state index in [1.165, 1.54) is 0 Å². The van der Waals surface area contributed by atoms with E-state index in [1.807, 2.05) is 12.3 Å². The van der Waals surface area contributed by atoms with E-state index in [2.05, 4.69) is 4.98 Å². The van der Waals surface area contributed by atoms with Crippen LogP contribution in [0.1, 0.15) is 22.4 Å². The van der Waals surface area contributed by atoms with E-state index < -0.39 is 6.10 Å². The summed E-state index contributed by atoms with van der Waals surface area (Å²) in [5.41, 5.74) is 1.52. The zero-order valence-corrected chi connectivity index (χ0v) is 13.4. The average molecular weight is 309 g/mol. The van der Waals surface area contributed by atoms with Gasteiger partial charge in [0.2, 0.25) is 0 Å². The molecule has 114 valence electrons. The first kappa shape index (κ1) is 15.6. The summed E-state index contributed by atoms with van der Waals surface area (Å²) in [4.78, 5) is 4.37. The Morgan fingerprint density at radius 2 is 1.71 bits per heavy atom. The van der Waals surface area contributed by atoms with Crippen molar-refractivity contribution in [1.29, 1.82) is 0 Å². The van der Waals surface area contributed by atoms with Crippen LogP contribution in [-0.2, 0) is 6.42 Å². The van der Waals surface area contributed by atoms with Gasteiger partial charge in [0.1, 0.15) is 5.75 Å². The molecule has 2 aromatic rings. The first-order valence-electron chi connectivity index (χ1n) is 6.48. The molecule has 0 saturated heterocycles. The zero-order chi connectivity index (χ0) is 15.4. The Bertz CT molecular complexity index is 612. The number of rotatable bonds is 6. The topological polar surface area (TPSA) is 60.8 Å². The van der Waals surface area contributed by atoms with Crippen LogP contribution in [-0.4, -0.2) is 31.4 Å². The fourth-order valence-electron chi connectivity index (χ4n) is 2.12. The van der Waals surface area contributed by atoms with Gasteiger partial charge in [-0.1, -0.05) is 0 Å².